The Balaban J connectivity index is 1.61. The monoisotopic (exact) mass is 364 g/mol. The molecule has 1 aliphatic heterocycles. The number of esters is 1. The number of aromatic amines is 1. The van der Waals surface area contributed by atoms with Crippen molar-refractivity contribution in [1.82, 2.24) is 10.3 Å². The normalized spacial score (nSPS) is 18.8. The quantitative estimate of drug-likeness (QED) is 0.736. The second-order valence-corrected chi connectivity index (χ2v) is 8.07. The van der Waals surface area contributed by atoms with Crippen molar-refractivity contribution < 1.29 is 22.7 Å². The molecule has 1 amide bonds. The lowest BCUT2D eigenvalue weighted by Gasteiger charge is -2.11. The first kappa shape index (κ1) is 17.2. The number of hydrogen-bond donors (Lipinski definition) is 2. The van der Waals surface area contributed by atoms with Crippen LogP contribution >= 0.6 is 0 Å². The van der Waals surface area contributed by atoms with Crippen LogP contribution in [0, 0.1) is 0 Å². The minimum absolute atomic E-state index is 0.0378. The van der Waals surface area contributed by atoms with Gasteiger partial charge in [-0.25, -0.2) is 13.2 Å². The molecule has 2 aromatic rings. The van der Waals surface area contributed by atoms with Gasteiger partial charge in [-0.05, 0) is 18.6 Å². The third kappa shape index (κ3) is 4.05. The Kier molecular flexibility index (Phi) is 4.58. The Labute approximate surface area is 143 Å². The molecule has 0 aliphatic carbocycles. The van der Waals surface area contributed by atoms with Gasteiger partial charge in [0.05, 0.1) is 11.5 Å². The Morgan fingerprint density at radius 1 is 1.28 bits per heavy atom. The van der Waals surface area contributed by atoms with Gasteiger partial charge in [-0.15, -0.1) is 0 Å². The summed E-state index contributed by atoms with van der Waals surface area (Å²) in [6.45, 7) is -0.551. The summed E-state index contributed by atoms with van der Waals surface area (Å²) in [5.74, 6) is -1.49. The standard InChI is InChI=1S/C16H16N2O6S/c19-14-7-13(18-12-4-2-1-3-11(12)14)16(21)24-8-15(20)17-10-5-6-25(22,23)9-10/h1-4,7,10H,5-6,8-9H2,(H,17,20)(H,18,19)/t10-/m1/s1. The second-order valence-electron chi connectivity index (χ2n) is 5.84. The molecule has 25 heavy (non-hydrogen) atoms. The number of aromatic nitrogens is 1. The van der Waals surface area contributed by atoms with Crippen molar-refractivity contribution in [2.45, 2.75) is 12.5 Å². The number of nitrogens with one attached hydrogen (secondary N) is 2. The van der Waals surface area contributed by atoms with Crippen LogP contribution in [0.5, 0.6) is 0 Å². The Hall–Kier alpha value is -2.68. The number of para-hydroxylation sites is 1. The van der Waals surface area contributed by atoms with Crippen LogP contribution in [-0.4, -0.2) is 49.4 Å². The van der Waals surface area contributed by atoms with Crippen LogP contribution in [0.3, 0.4) is 0 Å². The van der Waals surface area contributed by atoms with Gasteiger partial charge in [-0.2, -0.15) is 0 Å². The van der Waals surface area contributed by atoms with E-state index < -0.39 is 34.4 Å². The van der Waals surface area contributed by atoms with Crippen molar-refractivity contribution in [2.24, 2.45) is 0 Å². The van der Waals surface area contributed by atoms with Gasteiger partial charge in [0.2, 0.25) is 0 Å². The van der Waals surface area contributed by atoms with E-state index in [1.165, 1.54) is 0 Å². The van der Waals surface area contributed by atoms with Crippen molar-refractivity contribution in [1.29, 1.82) is 0 Å². The maximum Gasteiger partial charge on any atom is 0.355 e. The molecule has 0 spiro atoms. The van der Waals surface area contributed by atoms with Crippen LogP contribution in [0.4, 0.5) is 0 Å². The molecule has 0 radical (unpaired) electrons. The van der Waals surface area contributed by atoms with Crippen LogP contribution in [0.1, 0.15) is 16.9 Å². The van der Waals surface area contributed by atoms with Crippen molar-refractivity contribution in [3.8, 4) is 0 Å². The molecule has 1 aromatic carbocycles. The summed E-state index contributed by atoms with van der Waals surface area (Å²) in [5.41, 5.74) is 0.101. The number of benzene rings is 1. The van der Waals surface area contributed by atoms with Gasteiger partial charge in [-0.1, -0.05) is 12.1 Å². The molecule has 1 atom stereocenters. The Morgan fingerprint density at radius 2 is 2.04 bits per heavy atom. The lowest BCUT2D eigenvalue weighted by atomic mass is 10.2. The maximum atomic E-state index is 12.0. The number of pyridine rings is 1. The molecule has 2 N–H and O–H groups in total. The molecule has 8 nitrogen and oxygen atoms in total. The predicted molar refractivity (Wildman–Crippen MR) is 90.1 cm³/mol. The first-order chi connectivity index (χ1) is 11.8. The largest absolute Gasteiger partial charge is 0.451 e. The summed E-state index contributed by atoms with van der Waals surface area (Å²) < 4.78 is 27.6. The lowest BCUT2D eigenvalue weighted by Crippen LogP contribution is -2.38. The van der Waals surface area contributed by atoms with Crippen LogP contribution in [0.25, 0.3) is 10.9 Å². The minimum Gasteiger partial charge on any atom is -0.451 e. The second kappa shape index (κ2) is 6.67. The van der Waals surface area contributed by atoms with E-state index in [-0.39, 0.29) is 22.6 Å². The van der Waals surface area contributed by atoms with Gasteiger partial charge in [0.25, 0.3) is 5.91 Å². The highest BCUT2D eigenvalue weighted by molar-refractivity contribution is 7.91. The van der Waals surface area contributed by atoms with E-state index in [4.69, 9.17) is 4.74 Å². The van der Waals surface area contributed by atoms with Gasteiger partial charge >= 0.3 is 5.97 Å². The van der Waals surface area contributed by atoms with Gasteiger partial charge < -0.3 is 15.0 Å². The number of sulfone groups is 1. The molecular formula is C16H16N2O6S. The van der Waals surface area contributed by atoms with Gasteiger partial charge in [0, 0.05) is 23.0 Å². The topological polar surface area (TPSA) is 122 Å². The van der Waals surface area contributed by atoms with E-state index in [1.54, 1.807) is 24.3 Å². The van der Waals surface area contributed by atoms with E-state index >= 15 is 0 Å². The van der Waals surface area contributed by atoms with Crippen molar-refractivity contribution in [2.75, 3.05) is 18.1 Å². The summed E-state index contributed by atoms with van der Waals surface area (Å²) in [6, 6.07) is 7.37. The third-order valence-corrected chi connectivity index (χ3v) is 5.66. The predicted octanol–water partition coefficient (Wildman–Crippen LogP) is -0.0118. The van der Waals surface area contributed by atoms with Gasteiger partial charge in [0.15, 0.2) is 21.9 Å². The number of rotatable bonds is 4. The molecule has 132 valence electrons. The molecule has 2 heterocycles. The molecular weight excluding hydrogens is 348 g/mol. The molecule has 0 bridgehead atoms. The highest BCUT2D eigenvalue weighted by Crippen LogP contribution is 2.11. The van der Waals surface area contributed by atoms with E-state index in [9.17, 15) is 22.8 Å². The fourth-order valence-electron chi connectivity index (χ4n) is 2.69. The molecule has 1 saturated heterocycles. The zero-order valence-corrected chi connectivity index (χ0v) is 14.0. The highest BCUT2D eigenvalue weighted by atomic mass is 32.2. The van der Waals surface area contributed by atoms with Crippen LogP contribution < -0.4 is 10.7 Å². The summed E-state index contributed by atoms with van der Waals surface area (Å²) in [4.78, 5) is 38.5. The highest BCUT2D eigenvalue weighted by Gasteiger charge is 2.29. The van der Waals surface area contributed by atoms with Crippen molar-refractivity contribution >= 4 is 32.6 Å². The van der Waals surface area contributed by atoms with Crippen LogP contribution in [0.15, 0.2) is 35.1 Å². The van der Waals surface area contributed by atoms with Crippen LogP contribution in [0.2, 0.25) is 0 Å². The van der Waals surface area contributed by atoms with Gasteiger partial charge in [-0.3, -0.25) is 9.59 Å². The average molecular weight is 364 g/mol. The zero-order chi connectivity index (χ0) is 18.0. The number of fused-ring (bicyclic) bond motifs is 1. The molecule has 3 rings (SSSR count). The number of hydrogen-bond acceptors (Lipinski definition) is 6. The summed E-state index contributed by atoms with van der Waals surface area (Å²) in [6.07, 6.45) is 0.347. The molecule has 1 aromatic heterocycles. The van der Waals surface area contributed by atoms with Crippen LogP contribution in [-0.2, 0) is 19.4 Å². The van der Waals surface area contributed by atoms with E-state index in [0.29, 0.717) is 17.3 Å². The van der Waals surface area contributed by atoms with E-state index in [2.05, 4.69) is 10.3 Å². The third-order valence-electron chi connectivity index (χ3n) is 3.89. The van der Waals surface area contributed by atoms with E-state index in [1.807, 2.05) is 0 Å². The molecule has 0 saturated carbocycles. The number of ether oxygens (including phenoxy) is 1. The number of carbonyl (C=O) groups excluding carboxylic acids is 2. The summed E-state index contributed by atoms with van der Waals surface area (Å²) in [7, 11) is -3.10. The summed E-state index contributed by atoms with van der Waals surface area (Å²) >= 11 is 0. The van der Waals surface area contributed by atoms with Gasteiger partial charge in [0.1, 0.15) is 5.69 Å². The summed E-state index contributed by atoms with van der Waals surface area (Å²) in [5, 5.41) is 2.96. The number of H-pyrrole nitrogens is 1. The fourth-order valence-corrected chi connectivity index (χ4v) is 4.37. The maximum absolute atomic E-state index is 12.0. The average Bonchev–Trinajstić information content (AvgIpc) is 2.91. The lowest BCUT2D eigenvalue weighted by molar-refractivity contribution is -0.124. The number of amides is 1. The van der Waals surface area contributed by atoms with Crippen molar-refractivity contribution in [3.63, 3.8) is 0 Å². The first-order valence-corrected chi connectivity index (χ1v) is 9.45. The molecule has 1 fully saturated rings. The zero-order valence-electron chi connectivity index (χ0n) is 13.2. The molecule has 1 aliphatic rings. The van der Waals surface area contributed by atoms with Crippen molar-refractivity contribution in [3.05, 3.63) is 46.2 Å². The first-order valence-electron chi connectivity index (χ1n) is 7.63. The Morgan fingerprint density at radius 3 is 2.76 bits per heavy atom. The van der Waals surface area contributed by atoms with E-state index in [0.717, 1.165) is 6.07 Å². The Bertz CT molecular complexity index is 995. The number of carbonyl (C=O) groups is 2. The molecule has 0 unspecified atom stereocenters. The smallest absolute Gasteiger partial charge is 0.355 e. The molecule has 9 heteroatoms. The fraction of sp³-hybridized carbons (Fsp3) is 0.312. The minimum atomic E-state index is -3.10. The SMILES string of the molecule is O=C(COC(=O)c1cc(=O)c2ccccc2[nH]1)N[C@@H]1CCS(=O)(=O)C1.